The number of hydrogen-bond donors (Lipinski definition) is 3. The molecule has 3 aliphatic rings. The standard InChI is InChI=1S/C35H55N3O3/c1-35(2,3)28-20-18-27(19-21-28)34(41)38-31-23-29(36-32(39)25-14-10-6-4-7-11-15-25)22-30(24-31)37-33(40)26-16-12-8-5-9-13-17-26/h22-28H,4-21H2,1-3H3,(H,36,39)(H,37,40)(H,38,41)/t27-,28+. The van der Waals surface area contributed by atoms with Gasteiger partial charge in [-0.1, -0.05) is 85.0 Å². The highest BCUT2D eigenvalue weighted by atomic mass is 16.2. The molecule has 4 rings (SSSR count). The van der Waals surface area contributed by atoms with Gasteiger partial charge in [-0.25, -0.2) is 0 Å². The lowest BCUT2D eigenvalue weighted by molar-refractivity contribution is -0.121. The minimum absolute atomic E-state index is 0.00487. The average Bonchev–Trinajstić information content (AvgIpc) is 2.87. The van der Waals surface area contributed by atoms with Crippen LogP contribution in [0.3, 0.4) is 0 Å². The fraction of sp³-hybridized carbons (Fsp3) is 0.743. The Morgan fingerprint density at radius 3 is 1.10 bits per heavy atom. The molecule has 0 bridgehead atoms. The minimum Gasteiger partial charge on any atom is -0.326 e. The van der Waals surface area contributed by atoms with Crippen LogP contribution in [-0.4, -0.2) is 17.7 Å². The van der Waals surface area contributed by atoms with Crippen LogP contribution in [0.1, 0.15) is 136 Å². The van der Waals surface area contributed by atoms with Crippen molar-refractivity contribution in [1.82, 2.24) is 0 Å². The molecule has 0 spiro atoms. The normalized spacial score (nSPS) is 23.8. The van der Waals surface area contributed by atoms with Gasteiger partial charge in [0.15, 0.2) is 0 Å². The second kappa shape index (κ2) is 15.2. The maximum absolute atomic E-state index is 13.3. The minimum atomic E-state index is -0.00487. The molecule has 3 saturated carbocycles. The van der Waals surface area contributed by atoms with Crippen LogP contribution in [0.5, 0.6) is 0 Å². The van der Waals surface area contributed by atoms with Crippen LogP contribution in [0, 0.1) is 29.1 Å². The predicted molar refractivity (Wildman–Crippen MR) is 169 cm³/mol. The fourth-order valence-corrected chi connectivity index (χ4v) is 7.24. The first-order valence-corrected chi connectivity index (χ1v) is 16.8. The maximum atomic E-state index is 13.3. The number of anilines is 3. The number of carbonyl (C=O) groups excluding carboxylic acids is 3. The highest BCUT2D eigenvalue weighted by molar-refractivity contribution is 5.99. The van der Waals surface area contributed by atoms with Crippen molar-refractivity contribution in [3.63, 3.8) is 0 Å². The van der Waals surface area contributed by atoms with Crippen LogP contribution in [0.2, 0.25) is 0 Å². The lowest BCUT2D eigenvalue weighted by Gasteiger charge is -2.36. The summed E-state index contributed by atoms with van der Waals surface area (Å²) < 4.78 is 0. The maximum Gasteiger partial charge on any atom is 0.227 e. The van der Waals surface area contributed by atoms with E-state index >= 15 is 0 Å². The van der Waals surface area contributed by atoms with Crippen LogP contribution >= 0.6 is 0 Å². The summed E-state index contributed by atoms with van der Waals surface area (Å²) in [6.07, 6.45) is 19.3. The second-order valence-corrected chi connectivity index (χ2v) is 14.3. The van der Waals surface area contributed by atoms with Gasteiger partial charge >= 0.3 is 0 Å². The van der Waals surface area contributed by atoms with Crippen molar-refractivity contribution >= 4 is 34.8 Å². The smallest absolute Gasteiger partial charge is 0.227 e. The Hall–Kier alpha value is -2.37. The van der Waals surface area contributed by atoms with Gasteiger partial charge in [0.1, 0.15) is 0 Å². The number of carbonyl (C=O) groups is 3. The third kappa shape index (κ3) is 9.85. The molecule has 3 N–H and O–H groups in total. The van der Waals surface area contributed by atoms with Gasteiger partial charge in [-0.3, -0.25) is 14.4 Å². The largest absolute Gasteiger partial charge is 0.326 e. The third-order valence-corrected chi connectivity index (χ3v) is 10.0. The van der Waals surface area contributed by atoms with Crippen LogP contribution in [0.15, 0.2) is 18.2 Å². The molecule has 6 nitrogen and oxygen atoms in total. The Kier molecular flexibility index (Phi) is 11.7. The zero-order chi connectivity index (χ0) is 29.2. The van der Waals surface area contributed by atoms with Gasteiger partial charge < -0.3 is 16.0 Å². The first-order valence-electron chi connectivity index (χ1n) is 16.8. The molecule has 0 unspecified atom stereocenters. The quantitative estimate of drug-likeness (QED) is 0.321. The lowest BCUT2D eigenvalue weighted by atomic mass is 9.69. The molecule has 0 aromatic heterocycles. The van der Waals surface area contributed by atoms with E-state index in [0.717, 1.165) is 77.0 Å². The SMILES string of the molecule is CC(C)(C)[C@H]1CC[C@@H](C(=O)Nc2cc(NC(=O)C3CCCCCCC3)cc(NC(=O)C3CCCCCCC3)c2)CC1. The van der Waals surface area contributed by atoms with Crippen molar-refractivity contribution < 1.29 is 14.4 Å². The van der Waals surface area contributed by atoms with E-state index in [-0.39, 0.29) is 40.9 Å². The molecule has 3 aliphatic carbocycles. The summed E-state index contributed by atoms with van der Waals surface area (Å²) in [6.45, 7) is 6.88. The van der Waals surface area contributed by atoms with Crippen LogP contribution in [0.25, 0.3) is 0 Å². The lowest BCUT2D eigenvalue weighted by Crippen LogP contribution is -2.31. The number of benzene rings is 1. The van der Waals surface area contributed by atoms with E-state index in [1.165, 1.54) is 38.5 Å². The zero-order valence-electron chi connectivity index (χ0n) is 26.0. The molecule has 1 aromatic carbocycles. The summed E-state index contributed by atoms with van der Waals surface area (Å²) in [7, 11) is 0. The molecule has 3 amide bonds. The van der Waals surface area contributed by atoms with Crippen molar-refractivity contribution in [3.05, 3.63) is 18.2 Å². The van der Waals surface area contributed by atoms with Crippen molar-refractivity contribution in [2.45, 2.75) is 136 Å². The highest BCUT2D eigenvalue weighted by Gasteiger charge is 2.32. The topological polar surface area (TPSA) is 87.3 Å². The fourth-order valence-electron chi connectivity index (χ4n) is 7.24. The van der Waals surface area contributed by atoms with Crippen molar-refractivity contribution in [1.29, 1.82) is 0 Å². The van der Waals surface area contributed by atoms with Gasteiger partial charge in [0.25, 0.3) is 0 Å². The molecule has 0 radical (unpaired) electrons. The molecular weight excluding hydrogens is 510 g/mol. The summed E-state index contributed by atoms with van der Waals surface area (Å²) in [5.74, 6) is 0.807. The van der Waals surface area contributed by atoms with Crippen molar-refractivity contribution in [2.24, 2.45) is 29.1 Å². The van der Waals surface area contributed by atoms with E-state index in [4.69, 9.17) is 0 Å². The first-order chi connectivity index (χ1) is 19.7. The van der Waals surface area contributed by atoms with Gasteiger partial charge in [-0.05, 0) is 80.9 Å². The van der Waals surface area contributed by atoms with Crippen molar-refractivity contribution in [2.75, 3.05) is 16.0 Å². The van der Waals surface area contributed by atoms with E-state index in [1.807, 2.05) is 18.2 Å². The van der Waals surface area contributed by atoms with E-state index in [9.17, 15) is 14.4 Å². The predicted octanol–water partition coefficient (Wildman–Crippen LogP) is 9.08. The van der Waals surface area contributed by atoms with E-state index in [2.05, 4.69) is 36.7 Å². The van der Waals surface area contributed by atoms with Gasteiger partial charge in [0, 0.05) is 34.8 Å². The third-order valence-electron chi connectivity index (χ3n) is 10.0. The molecular formula is C35H55N3O3. The summed E-state index contributed by atoms with van der Waals surface area (Å²) in [4.78, 5) is 39.9. The first kappa shape index (κ1) is 31.6. The molecule has 0 heterocycles. The van der Waals surface area contributed by atoms with E-state index in [0.29, 0.717) is 23.0 Å². The molecule has 0 atom stereocenters. The molecule has 228 valence electrons. The summed E-state index contributed by atoms with van der Waals surface area (Å²) >= 11 is 0. The molecule has 3 fully saturated rings. The molecule has 1 aromatic rings. The molecule has 0 saturated heterocycles. The Balaban J connectivity index is 1.47. The summed E-state index contributed by atoms with van der Waals surface area (Å²) in [6, 6.07) is 5.56. The van der Waals surface area contributed by atoms with Crippen molar-refractivity contribution in [3.8, 4) is 0 Å². The number of rotatable bonds is 6. The van der Waals surface area contributed by atoms with Gasteiger partial charge in [-0.15, -0.1) is 0 Å². The average molecular weight is 566 g/mol. The Morgan fingerprint density at radius 2 is 0.780 bits per heavy atom. The monoisotopic (exact) mass is 565 g/mol. The number of nitrogens with one attached hydrogen (secondary N) is 3. The Labute approximate surface area is 248 Å². The molecule has 41 heavy (non-hydrogen) atoms. The van der Waals surface area contributed by atoms with E-state index < -0.39 is 0 Å². The molecule has 6 heteroatoms. The summed E-state index contributed by atoms with van der Waals surface area (Å²) in [5.41, 5.74) is 2.18. The van der Waals surface area contributed by atoms with Crippen LogP contribution < -0.4 is 16.0 Å². The van der Waals surface area contributed by atoms with E-state index in [1.54, 1.807) is 0 Å². The second-order valence-electron chi connectivity index (χ2n) is 14.3. The van der Waals surface area contributed by atoms with Gasteiger partial charge in [0.2, 0.25) is 17.7 Å². The number of amides is 3. The van der Waals surface area contributed by atoms with Crippen LogP contribution in [-0.2, 0) is 14.4 Å². The summed E-state index contributed by atoms with van der Waals surface area (Å²) in [5, 5.41) is 9.44. The zero-order valence-corrected chi connectivity index (χ0v) is 26.0. The van der Waals surface area contributed by atoms with Crippen LogP contribution in [0.4, 0.5) is 17.1 Å². The highest BCUT2D eigenvalue weighted by Crippen LogP contribution is 2.40. The van der Waals surface area contributed by atoms with Gasteiger partial charge in [0.05, 0.1) is 0 Å². The number of hydrogen-bond acceptors (Lipinski definition) is 3. The molecule has 0 aliphatic heterocycles. The Bertz CT molecular complexity index is 952. The Morgan fingerprint density at radius 1 is 0.488 bits per heavy atom. The van der Waals surface area contributed by atoms with Gasteiger partial charge in [-0.2, -0.15) is 0 Å².